The van der Waals surface area contributed by atoms with Gasteiger partial charge in [-0.2, -0.15) is 4.98 Å². The molecule has 3 aromatic carbocycles. The number of carbonyl (C=O) groups is 1. The number of thioether (sulfide) groups is 1. The highest BCUT2D eigenvalue weighted by molar-refractivity contribution is 7.98. The van der Waals surface area contributed by atoms with Gasteiger partial charge in [-0.15, -0.1) is 5.10 Å². The van der Waals surface area contributed by atoms with Crippen molar-refractivity contribution in [3.63, 3.8) is 0 Å². The van der Waals surface area contributed by atoms with Crippen molar-refractivity contribution in [2.75, 3.05) is 18.5 Å². The molecule has 1 N–H and O–H groups in total. The van der Waals surface area contributed by atoms with Gasteiger partial charge in [0, 0.05) is 17.9 Å². The van der Waals surface area contributed by atoms with E-state index in [1.807, 2.05) is 67.6 Å². The monoisotopic (exact) mass is 554 g/mol. The van der Waals surface area contributed by atoms with Crippen molar-refractivity contribution in [2.24, 2.45) is 0 Å². The van der Waals surface area contributed by atoms with Crippen molar-refractivity contribution in [2.45, 2.75) is 50.1 Å². The first-order valence-corrected chi connectivity index (χ1v) is 14.7. The Labute approximate surface area is 239 Å². The number of nitrogens with zero attached hydrogens (tertiary/aromatic N) is 3. The molecule has 1 aromatic heterocycles. The van der Waals surface area contributed by atoms with E-state index in [1.165, 1.54) is 11.1 Å². The Balaban J connectivity index is 1.37. The van der Waals surface area contributed by atoms with Crippen LogP contribution in [-0.2, 0) is 21.7 Å². The lowest BCUT2D eigenvalue weighted by atomic mass is 9.96. The fraction of sp³-hybridized carbons (Fsp3) is 0.281. The molecule has 0 amide bonds. The molecule has 8 heteroatoms. The smallest absolute Gasteiger partial charge is 0.338 e. The third kappa shape index (κ3) is 6.74. The lowest BCUT2D eigenvalue weighted by Crippen LogP contribution is -2.29. The predicted molar refractivity (Wildman–Crippen MR) is 158 cm³/mol. The second-order valence-corrected chi connectivity index (χ2v) is 10.6. The first kappa shape index (κ1) is 27.5. The number of anilines is 1. The molecule has 206 valence electrons. The van der Waals surface area contributed by atoms with Crippen molar-refractivity contribution in [3.05, 3.63) is 113 Å². The molecule has 0 spiro atoms. The Morgan fingerprint density at radius 3 is 2.35 bits per heavy atom. The molecular formula is C32H34N4O3S. The van der Waals surface area contributed by atoms with Gasteiger partial charge in [-0.3, -0.25) is 0 Å². The fourth-order valence-electron chi connectivity index (χ4n) is 4.55. The fourth-order valence-corrected chi connectivity index (χ4v) is 5.34. The van der Waals surface area contributed by atoms with Crippen LogP contribution in [0.15, 0.2) is 101 Å². The van der Waals surface area contributed by atoms with Crippen molar-refractivity contribution in [1.29, 1.82) is 0 Å². The molecular weight excluding hydrogens is 520 g/mol. The van der Waals surface area contributed by atoms with E-state index in [0.717, 1.165) is 36.3 Å². The topological polar surface area (TPSA) is 78.3 Å². The van der Waals surface area contributed by atoms with Gasteiger partial charge < -0.3 is 14.8 Å². The number of ether oxygens (including phenoxy) is 2. The lowest BCUT2D eigenvalue weighted by Gasteiger charge is -2.28. The van der Waals surface area contributed by atoms with Gasteiger partial charge in [0.2, 0.25) is 11.1 Å². The third-order valence-corrected chi connectivity index (χ3v) is 7.60. The van der Waals surface area contributed by atoms with Gasteiger partial charge in [-0.05, 0) is 42.2 Å². The molecule has 2 heterocycles. The number of hydrogen-bond donors (Lipinski definition) is 1. The van der Waals surface area contributed by atoms with Crippen molar-refractivity contribution in [1.82, 2.24) is 14.8 Å². The molecule has 1 aliphatic rings. The average molecular weight is 555 g/mol. The number of nitrogens with one attached hydrogen (secondary N) is 1. The van der Waals surface area contributed by atoms with Crippen LogP contribution in [0, 0.1) is 0 Å². The summed E-state index contributed by atoms with van der Waals surface area (Å²) in [5.41, 5.74) is 4.59. The van der Waals surface area contributed by atoms with Gasteiger partial charge in [0.15, 0.2) is 0 Å². The predicted octanol–water partition coefficient (Wildman–Crippen LogP) is 6.82. The second kappa shape index (κ2) is 13.3. The zero-order chi connectivity index (χ0) is 27.7. The van der Waals surface area contributed by atoms with Gasteiger partial charge in [0.05, 0.1) is 18.8 Å². The van der Waals surface area contributed by atoms with Crippen LogP contribution in [0.2, 0.25) is 0 Å². The number of esters is 1. The van der Waals surface area contributed by atoms with E-state index in [2.05, 4.69) is 36.5 Å². The molecule has 0 fully saturated rings. The zero-order valence-corrected chi connectivity index (χ0v) is 23.7. The molecule has 7 nitrogen and oxygen atoms in total. The Morgan fingerprint density at radius 2 is 1.65 bits per heavy atom. The highest BCUT2D eigenvalue weighted by Gasteiger charge is 2.35. The third-order valence-electron chi connectivity index (χ3n) is 6.69. The molecule has 5 rings (SSSR count). The van der Waals surface area contributed by atoms with Crippen molar-refractivity contribution < 1.29 is 14.3 Å². The number of allylic oxidation sites excluding steroid dienone is 1. The highest BCUT2D eigenvalue weighted by atomic mass is 32.2. The maximum atomic E-state index is 13.3. The van der Waals surface area contributed by atoms with Crippen LogP contribution >= 0.6 is 11.8 Å². The number of fused-ring (bicyclic) bond motifs is 1. The summed E-state index contributed by atoms with van der Waals surface area (Å²) in [6.45, 7) is 4.93. The van der Waals surface area contributed by atoms with E-state index in [1.54, 1.807) is 16.4 Å². The van der Waals surface area contributed by atoms with Crippen LogP contribution < -0.4 is 10.1 Å². The van der Waals surface area contributed by atoms with Gasteiger partial charge in [-0.25, -0.2) is 9.48 Å². The van der Waals surface area contributed by atoms with Gasteiger partial charge in [0.25, 0.3) is 0 Å². The molecule has 40 heavy (non-hydrogen) atoms. The number of benzene rings is 3. The second-order valence-electron chi connectivity index (χ2n) is 9.65. The molecule has 0 saturated heterocycles. The number of unbranched alkanes of at least 4 members (excludes halogenated alkanes) is 1. The highest BCUT2D eigenvalue weighted by Crippen LogP contribution is 2.37. The summed E-state index contributed by atoms with van der Waals surface area (Å²) in [5, 5.41) is 8.75. The Hall–Kier alpha value is -4.04. The first-order valence-electron chi connectivity index (χ1n) is 13.7. The summed E-state index contributed by atoms with van der Waals surface area (Å²) in [7, 11) is 0. The van der Waals surface area contributed by atoms with Crippen molar-refractivity contribution >= 4 is 23.7 Å². The quantitative estimate of drug-likeness (QED) is 0.117. The Morgan fingerprint density at radius 1 is 0.950 bits per heavy atom. The van der Waals surface area contributed by atoms with E-state index < -0.39 is 6.04 Å². The number of aromatic nitrogens is 3. The standard InChI is InChI=1S/C32H34N4O3S/c1-3-4-20-39-30(37)28-23(2)33-31-34-32(40-22-25-13-9-6-10-14-25)35-36(31)29(28)26-15-17-27(18-16-26)38-21-19-24-11-7-5-8-12-24/h5-18,29H,3-4,19-22H2,1-2H3,(H,33,34,35). The van der Waals surface area contributed by atoms with Gasteiger partial charge >= 0.3 is 5.97 Å². The molecule has 0 radical (unpaired) electrons. The zero-order valence-electron chi connectivity index (χ0n) is 22.9. The molecule has 4 aromatic rings. The number of rotatable bonds is 12. The molecule has 0 aliphatic carbocycles. The Bertz CT molecular complexity index is 1440. The summed E-state index contributed by atoms with van der Waals surface area (Å²) in [4.78, 5) is 18.1. The van der Waals surface area contributed by atoms with E-state index in [4.69, 9.17) is 19.6 Å². The number of carbonyl (C=O) groups excluding carboxylic acids is 1. The van der Waals surface area contributed by atoms with Crippen LogP contribution in [-0.4, -0.2) is 33.9 Å². The average Bonchev–Trinajstić information content (AvgIpc) is 3.39. The summed E-state index contributed by atoms with van der Waals surface area (Å²) >= 11 is 1.56. The molecule has 0 saturated carbocycles. The maximum absolute atomic E-state index is 13.3. The van der Waals surface area contributed by atoms with E-state index in [9.17, 15) is 4.79 Å². The van der Waals surface area contributed by atoms with Crippen LogP contribution in [0.1, 0.15) is 49.4 Å². The van der Waals surface area contributed by atoms with Crippen LogP contribution in [0.3, 0.4) is 0 Å². The summed E-state index contributed by atoms with van der Waals surface area (Å²) in [5.74, 6) is 1.79. The van der Waals surface area contributed by atoms with E-state index in [-0.39, 0.29) is 5.97 Å². The van der Waals surface area contributed by atoms with Gasteiger partial charge in [0.1, 0.15) is 11.8 Å². The summed E-state index contributed by atoms with van der Waals surface area (Å²) in [6, 6.07) is 27.9. The van der Waals surface area contributed by atoms with E-state index >= 15 is 0 Å². The maximum Gasteiger partial charge on any atom is 0.338 e. The largest absolute Gasteiger partial charge is 0.493 e. The molecule has 1 aliphatic heterocycles. The minimum atomic E-state index is -0.470. The minimum Gasteiger partial charge on any atom is -0.493 e. The van der Waals surface area contributed by atoms with Crippen LogP contribution in [0.25, 0.3) is 0 Å². The molecule has 1 atom stereocenters. The Kier molecular flexibility index (Phi) is 9.18. The normalized spacial score (nSPS) is 14.4. The molecule has 0 bridgehead atoms. The van der Waals surface area contributed by atoms with Crippen molar-refractivity contribution in [3.8, 4) is 5.75 Å². The minimum absolute atomic E-state index is 0.341. The van der Waals surface area contributed by atoms with E-state index in [0.29, 0.717) is 35.6 Å². The SMILES string of the molecule is CCCCOC(=O)C1=C(C)Nc2nc(SCc3ccccc3)nn2C1c1ccc(OCCc2ccccc2)cc1. The van der Waals surface area contributed by atoms with Crippen LogP contribution in [0.4, 0.5) is 5.95 Å². The summed E-state index contributed by atoms with van der Waals surface area (Å²) < 4.78 is 13.5. The molecule has 1 unspecified atom stereocenters. The summed E-state index contributed by atoms with van der Waals surface area (Å²) in [6.07, 6.45) is 2.60. The van der Waals surface area contributed by atoms with Crippen LogP contribution in [0.5, 0.6) is 5.75 Å². The van der Waals surface area contributed by atoms with Gasteiger partial charge in [-0.1, -0.05) is 97.9 Å². The number of hydrogen-bond acceptors (Lipinski definition) is 7. The lowest BCUT2D eigenvalue weighted by molar-refractivity contribution is -0.139. The first-order chi connectivity index (χ1) is 19.6.